The molecule has 4 rings (SSSR count). The van der Waals surface area contributed by atoms with Gasteiger partial charge in [-0.15, -0.1) is 0 Å². The highest BCUT2D eigenvalue weighted by atomic mass is 35.5. The first-order valence-corrected chi connectivity index (χ1v) is 9.38. The molecule has 0 unspecified atom stereocenters. The van der Waals surface area contributed by atoms with E-state index < -0.39 is 0 Å². The third kappa shape index (κ3) is 3.22. The average Bonchev–Trinajstić information content (AvgIpc) is 3.18. The second-order valence-corrected chi connectivity index (χ2v) is 8.07. The number of aromatic nitrogens is 3. The maximum Gasteiger partial charge on any atom is 0.137 e. The molecule has 1 aromatic carbocycles. The Bertz CT molecular complexity index is 663. The molecule has 1 heterocycles. The molecule has 24 heavy (non-hydrogen) atoms. The van der Waals surface area contributed by atoms with Crippen molar-refractivity contribution < 1.29 is 0 Å². The van der Waals surface area contributed by atoms with Gasteiger partial charge in [-0.05, 0) is 55.7 Å². The quantitative estimate of drug-likeness (QED) is 0.892. The van der Waals surface area contributed by atoms with Crippen molar-refractivity contribution >= 4 is 11.6 Å². The first-order chi connectivity index (χ1) is 11.7. The van der Waals surface area contributed by atoms with Gasteiger partial charge < -0.3 is 5.32 Å². The fraction of sp³-hybridized carbons (Fsp3) is 0.579. The number of halogens is 1. The van der Waals surface area contributed by atoms with Crippen molar-refractivity contribution in [3.63, 3.8) is 0 Å². The molecule has 2 fully saturated rings. The van der Waals surface area contributed by atoms with Crippen LogP contribution in [0.15, 0.2) is 36.9 Å². The van der Waals surface area contributed by atoms with Gasteiger partial charge in [-0.2, -0.15) is 5.10 Å². The summed E-state index contributed by atoms with van der Waals surface area (Å²) in [6, 6.07) is 9.29. The van der Waals surface area contributed by atoms with Crippen molar-refractivity contribution in [2.75, 3.05) is 6.54 Å². The Morgan fingerprint density at radius 2 is 2.04 bits per heavy atom. The summed E-state index contributed by atoms with van der Waals surface area (Å²) in [5, 5.41) is 9.09. The Hall–Kier alpha value is -1.39. The maximum absolute atomic E-state index is 6.04. The minimum Gasteiger partial charge on any atom is -0.311 e. The molecule has 0 amide bonds. The van der Waals surface area contributed by atoms with Gasteiger partial charge in [0.2, 0.25) is 0 Å². The number of nitrogens with one attached hydrogen (secondary N) is 1. The first kappa shape index (κ1) is 16.1. The fourth-order valence-corrected chi connectivity index (χ4v) is 4.24. The molecule has 3 atom stereocenters. The van der Waals surface area contributed by atoms with Crippen molar-refractivity contribution in [2.24, 2.45) is 5.92 Å². The number of benzene rings is 1. The van der Waals surface area contributed by atoms with Gasteiger partial charge in [0.05, 0.1) is 6.04 Å². The van der Waals surface area contributed by atoms with Crippen molar-refractivity contribution in [3.8, 4) is 0 Å². The molecular weight excluding hydrogens is 320 g/mol. The Labute approximate surface area is 148 Å². The minimum atomic E-state index is 0.306. The molecule has 2 saturated carbocycles. The fourth-order valence-electron chi connectivity index (χ4n) is 4.12. The highest BCUT2D eigenvalue weighted by Gasteiger charge is 2.44. The molecule has 2 aliphatic rings. The standard InChI is InChI=1S/C19H25ClN4/c1-14-2-7-17(18(10-14)24-13-21-12-23-24)22-11-19(8-9-19)15-3-5-16(20)6-4-15/h3-6,12-14,17-18,22H,2,7-11H2,1H3/t14-,17+,18-/m1/s1. The van der Waals surface area contributed by atoms with Gasteiger partial charge in [0.1, 0.15) is 12.7 Å². The first-order valence-electron chi connectivity index (χ1n) is 9.00. The molecule has 0 radical (unpaired) electrons. The van der Waals surface area contributed by atoms with Gasteiger partial charge in [-0.1, -0.05) is 30.7 Å². The molecule has 2 aromatic rings. The van der Waals surface area contributed by atoms with E-state index in [0.717, 1.165) is 17.5 Å². The molecule has 1 aromatic heterocycles. The molecule has 4 nitrogen and oxygen atoms in total. The van der Waals surface area contributed by atoms with Crippen LogP contribution in [0.5, 0.6) is 0 Å². The van der Waals surface area contributed by atoms with Crippen LogP contribution >= 0.6 is 11.6 Å². The van der Waals surface area contributed by atoms with Gasteiger partial charge in [0, 0.05) is 23.0 Å². The minimum absolute atomic E-state index is 0.306. The lowest BCUT2D eigenvalue weighted by Gasteiger charge is -2.36. The normalized spacial score (nSPS) is 28.7. The van der Waals surface area contributed by atoms with Crippen LogP contribution in [0.25, 0.3) is 0 Å². The molecular formula is C19H25ClN4. The van der Waals surface area contributed by atoms with E-state index in [1.54, 1.807) is 6.33 Å². The summed E-state index contributed by atoms with van der Waals surface area (Å²) in [5.74, 6) is 0.753. The molecule has 0 saturated heterocycles. The molecule has 5 heteroatoms. The van der Waals surface area contributed by atoms with E-state index in [1.165, 1.54) is 37.7 Å². The third-order valence-electron chi connectivity index (χ3n) is 5.87. The lowest BCUT2D eigenvalue weighted by atomic mass is 9.83. The van der Waals surface area contributed by atoms with Crippen LogP contribution < -0.4 is 5.32 Å². The van der Waals surface area contributed by atoms with Crippen LogP contribution in [-0.4, -0.2) is 27.4 Å². The van der Waals surface area contributed by atoms with E-state index in [0.29, 0.717) is 17.5 Å². The van der Waals surface area contributed by atoms with E-state index in [2.05, 4.69) is 39.1 Å². The van der Waals surface area contributed by atoms with Crippen LogP contribution in [0.2, 0.25) is 5.02 Å². The average molecular weight is 345 g/mol. The predicted molar refractivity (Wildman–Crippen MR) is 96.2 cm³/mol. The molecule has 2 aliphatic carbocycles. The summed E-state index contributed by atoms with van der Waals surface area (Å²) in [5.41, 5.74) is 1.72. The van der Waals surface area contributed by atoms with Gasteiger partial charge in [-0.25, -0.2) is 9.67 Å². The highest BCUT2D eigenvalue weighted by molar-refractivity contribution is 6.30. The molecule has 0 aliphatic heterocycles. The summed E-state index contributed by atoms with van der Waals surface area (Å²) < 4.78 is 2.05. The number of hydrogen-bond acceptors (Lipinski definition) is 3. The van der Waals surface area contributed by atoms with Crippen molar-refractivity contribution in [3.05, 3.63) is 47.5 Å². The topological polar surface area (TPSA) is 42.7 Å². The van der Waals surface area contributed by atoms with E-state index in [9.17, 15) is 0 Å². The Morgan fingerprint density at radius 3 is 2.71 bits per heavy atom. The van der Waals surface area contributed by atoms with Crippen molar-refractivity contribution in [1.29, 1.82) is 0 Å². The van der Waals surface area contributed by atoms with Crippen molar-refractivity contribution in [2.45, 2.75) is 56.5 Å². The van der Waals surface area contributed by atoms with Crippen molar-refractivity contribution in [1.82, 2.24) is 20.1 Å². The van der Waals surface area contributed by atoms with Gasteiger partial charge >= 0.3 is 0 Å². The highest BCUT2D eigenvalue weighted by Crippen LogP contribution is 2.48. The summed E-state index contributed by atoms with van der Waals surface area (Å²) in [6.45, 7) is 3.38. The monoisotopic (exact) mass is 344 g/mol. The van der Waals surface area contributed by atoms with E-state index in [4.69, 9.17) is 11.6 Å². The smallest absolute Gasteiger partial charge is 0.137 e. The van der Waals surface area contributed by atoms with Gasteiger partial charge in [0.15, 0.2) is 0 Å². The van der Waals surface area contributed by atoms with Crippen LogP contribution in [0.1, 0.15) is 50.6 Å². The molecule has 128 valence electrons. The van der Waals surface area contributed by atoms with Crippen LogP contribution in [0, 0.1) is 5.92 Å². The zero-order valence-electron chi connectivity index (χ0n) is 14.2. The van der Waals surface area contributed by atoms with E-state index in [-0.39, 0.29) is 0 Å². The predicted octanol–water partition coefficient (Wildman–Crippen LogP) is 3.98. The summed E-state index contributed by atoms with van der Waals surface area (Å²) in [6.07, 6.45) is 9.71. The zero-order chi connectivity index (χ0) is 16.6. The summed E-state index contributed by atoms with van der Waals surface area (Å²) in [7, 11) is 0. The van der Waals surface area contributed by atoms with Gasteiger partial charge in [-0.3, -0.25) is 0 Å². The largest absolute Gasteiger partial charge is 0.311 e. The zero-order valence-corrected chi connectivity index (χ0v) is 14.9. The summed E-state index contributed by atoms with van der Waals surface area (Å²) >= 11 is 6.04. The Kier molecular flexibility index (Phi) is 4.35. The second-order valence-electron chi connectivity index (χ2n) is 7.64. The Morgan fingerprint density at radius 1 is 1.25 bits per heavy atom. The SMILES string of the molecule is C[C@@H]1CC[C@H](NCC2(c3ccc(Cl)cc3)CC2)[C@H](n2cncn2)C1. The second kappa shape index (κ2) is 6.49. The maximum atomic E-state index is 6.04. The number of nitrogens with zero attached hydrogens (tertiary/aromatic N) is 3. The Balaban J connectivity index is 1.45. The van der Waals surface area contributed by atoms with E-state index in [1.807, 2.05) is 18.5 Å². The third-order valence-corrected chi connectivity index (χ3v) is 6.12. The van der Waals surface area contributed by atoms with Crippen LogP contribution in [0.3, 0.4) is 0 Å². The summed E-state index contributed by atoms with van der Waals surface area (Å²) in [4.78, 5) is 4.15. The van der Waals surface area contributed by atoms with Crippen LogP contribution in [0.4, 0.5) is 0 Å². The number of rotatable bonds is 5. The van der Waals surface area contributed by atoms with Crippen LogP contribution in [-0.2, 0) is 5.41 Å². The molecule has 0 bridgehead atoms. The van der Waals surface area contributed by atoms with E-state index >= 15 is 0 Å². The van der Waals surface area contributed by atoms with Gasteiger partial charge in [0.25, 0.3) is 0 Å². The lowest BCUT2D eigenvalue weighted by molar-refractivity contribution is 0.199. The number of hydrogen-bond donors (Lipinski definition) is 1. The molecule has 1 N–H and O–H groups in total. The molecule has 0 spiro atoms. The lowest BCUT2D eigenvalue weighted by Crippen LogP contribution is -2.44.